The predicted octanol–water partition coefficient (Wildman–Crippen LogP) is 2.86. The van der Waals surface area contributed by atoms with E-state index in [9.17, 15) is 14.4 Å². The monoisotopic (exact) mass is 487 g/mol. The van der Waals surface area contributed by atoms with Crippen molar-refractivity contribution in [1.29, 1.82) is 5.26 Å². The van der Waals surface area contributed by atoms with E-state index in [0.717, 1.165) is 0 Å². The van der Waals surface area contributed by atoms with Crippen molar-refractivity contribution in [1.82, 2.24) is 0 Å². The van der Waals surface area contributed by atoms with Crippen molar-refractivity contribution in [2.75, 3.05) is 32.8 Å². The number of carbonyl (C=O) groups excluding carboxylic acids is 3. The number of nitrogens with two attached hydrogens (primary N) is 1. The summed E-state index contributed by atoms with van der Waals surface area (Å²) in [5, 5.41) is 12.0. The highest BCUT2D eigenvalue weighted by Gasteiger charge is 2.18. The summed E-state index contributed by atoms with van der Waals surface area (Å²) >= 11 is 5.95. The van der Waals surface area contributed by atoms with Gasteiger partial charge in [-0.25, -0.2) is 4.79 Å². The molecule has 0 aliphatic rings. The molecule has 0 unspecified atom stereocenters. The molecule has 0 saturated heterocycles. The first-order valence-electron chi connectivity index (χ1n) is 9.71. The number of Topliss-reactive ketones (excluding diaryl/α,β-unsaturated/α-hetero) is 1. The van der Waals surface area contributed by atoms with Crippen LogP contribution < -0.4 is 25.3 Å². The van der Waals surface area contributed by atoms with Gasteiger partial charge in [0.1, 0.15) is 17.4 Å². The van der Waals surface area contributed by atoms with Gasteiger partial charge in [-0.1, -0.05) is 11.6 Å². The molecule has 0 fully saturated rings. The molecule has 0 saturated carbocycles. The van der Waals surface area contributed by atoms with E-state index in [1.165, 1.54) is 45.4 Å². The molecule has 34 heavy (non-hydrogen) atoms. The molecule has 0 spiro atoms. The lowest BCUT2D eigenvalue weighted by atomic mass is 10.1. The zero-order valence-electron chi connectivity index (χ0n) is 18.6. The minimum atomic E-state index is -0.823. The topological polar surface area (TPSA) is 150 Å². The Morgan fingerprint density at radius 3 is 2.32 bits per heavy atom. The summed E-state index contributed by atoms with van der Waals surface area (Å²) in [5.74, 6) is -1.25. The Labute approximate surface area is 200 Å². The second-order valence-corrected chi connectivity index (χ2v) is 7.15. The number of methoxy groups -OCH3 is 2. The molecular formula is C23H22ClN3O7. The summed E-state index contributed by atoms with van der Waals surface area (Å²) in [6, 6.07) is 10.6. The van der Waals surface area contributed by atoms with E-state index >= 15 is 0 Å². The molecule has 0 aromatic heterocycles. The number of benzene rings is 2. The van der Waals surface area contributed by atoms with Crippen LogP contribution >= 0.6 is 11.6 Å². The standard InChI is InChI=1S/C23H22ClN3O7/c1-13(26)16(10-25)18(28)11-34-23(30)14-4-6-20(21(8-14)32-3)33-12-22(29)27-17-9-15(24)5-7-19(17)31-2/h4-9H,11-12,26H2,1-3H3,(H,27,29). The van der Waals surface area contributed by atoms with Crippen LogP contribution in [0.15, 0.2) is 47.7 Å². The van der Waals surface area contributed by atoms with E-state index in [2.05, 4.69) is 5.32 Å². The molecule has 2 aromatic rings. The Morgan fingerprint density at radius 1 is 1.03 bits per heavy atom. The number of nitriles is 1. The van der Waals surface area contributed by atoms with Crippen molar-refractivity contribution in [2.24, 2.45) is 5.73 Å². The van der Waals surface area contributed by atoms with Gasteiger partial charge in [0.15, 0.2) is 24.7 Å². The van der Waals surface area contributed by atoms with Crippen LogP contribution in [0.5, 0.6) is 17.2 Å². The molecule has 3 N–H and O–H groups in total. The molecule has 178 valence electrons. The molecule has 1 amide bonds. The quantitative estimate of drug-likeness (QED) is 0.293. The van der Waals surface area contributed by atoms with Crippen LogP contribution in [0.1, 0.15) is 17.3 Å². The summed E-state index contributed by atoms with van der Waals surface area (Å²) in [7, 11) is 2.81. The summed E-state index contributed by atoms with van der Waals surface area (Å²) < 4.78 is 20.8. The number of hydrogen-bond acceptors (Lipinski definition) is 9. The van der Waals surface area contributed by atoms with Gasteiger partial charge in [0, 0.05) is 10.7 Å². The lowest BCUT2D eigenvalue weighted by Crippen LogP contribution is -2.21. The Hall–Kier alpha value is -4.23. The molecule has 0 aliphatic heterocycles. The highest BCUT2D eigenvalue weighted by Crippen LogP contribution is 2.29. The molecule has 0 bridgehead atoms. The van der Waals surface area contributed by atoms with E-state index in [-0.39, 0.29) is 34.9 Å². The zero-order valence-corrected chi connectivity index (χ0v) is 19.4. The fourth-order valence-electron chi connectivity index (χ4n) is 2.68. The van der Waals surface area contributed by atoms with Crippen LogP contribution in [0.3, 0.4) is 0 Å². The van der Waals surface area contributed by atoms with Crippen molar-refractivity contribution in [3.05, 3.63) is 58.3 Å². The number of nitrogens with zero attached hydrogens (tertiary/aromatic N) is 1. The summed E-state index contributed by atoms with van der Waals surface area (Å²) in [6.07, 6.45) is 0. The number of ketones is 1. The number of anilines is 1. The van der Waals surface area contributed by atoms with E-state index in [4.69, 9.17) is 41.5 Å². The van der Waals surface area contributed by atoms with E-state index in [1.807, 2.05) is 0 Å². The number of nitrogens with one attached hydrogen (secondary N) is 1. The van der Waals surface area contributed by atoms with Gasteiger partial charge in [-0.05, 0) is 43.3 Å². The molecule has 2 rings (SSSR count). The largest absolute Gasteiger partial charge is 0.495 e. The fourth-order valence-corrected chi connectivity index (χ4v) is 2.85. The summed E-state index contributed by atoms with van der Waals surface area (Å²) in [5.41, 5.74) is 5.66. The van der Waals surface area contributed by atoms with Crippen LogP contribution in [0, 0.1) is 11.3 Å². The predicted molar refractivity (Wildman–Crippen MR) is 123 cm³/mol. The van der Waals surface area contributed by atoms with Gasteiger partial charge in [-0.2, -0.15) is 5.26 Å². The summed E-state index contributed by atoms with van der Waals surface area (Å²) in [4.78, 5) is 36.5. The van der Waals surface area contributed by atoms with Crippen LogP contribution in [0.2, 0.25) is 5.02 Å². The SMILES string of the molecule is COc1ccc(Cl)cc1NC(=O)COc1ccc(C(=O)OCC(=O)C(C#N)=C(C)N)cc1OC. The lowest BCUT2D eigenvalue weighted by Gasteiger charge is -2.13. The third kappa shape index (κ3) is 6.88. The number of amides is 1. The number of hydrogen-bond donors (Lipinski definition) is 2. The second-order valence-electron chi connectivity index (χ2n) is 6.72. The van der Waals surface area contributed by atoms with Crippen LogP contribution in [0.25, 0.3) is 0 Å². The molecule has 0 radical (unpaired) electrons. The van der Waals surface area contributed by atoms with Crippen molar-refractivity contribution in [2.45, 2.75) is 6.92 Å². The average Bonchev–Trinajstić information content (AvgIpc) is 2.81. The number of ether oxygens (including phenoxy) is 4. The van der Waals surface area contributed by atoms with Crippen molar-refractivity contribution >= 4 is 34.9 Å². The first-order chi connectivity index (χ1) is 16.2. The highest BCUT2D eigenvalue weighted by atomic mass is 35.5. The normalized spacial score (nSPS) is 10.9. The third-order valence-electron chi connectivity index (χ3n) is 4.31. The van der Waals surface area contributed by atoms with E-state index in [1.54, 1.807) is 18.2 Å². The molecule has 0 aliphatic carbocycles. The maximum absolute atomic E-state index is 12.3. The Bertz CT molecular complexity index is 1170. The molecule has 0 atom stereocenters. The highest BCUT2D eigenvalue weighted by molar-refractivity contribution is 6.31. The van der Waals surface area contributed by atoms with Crippen molar-refractivity contribution in [3.8, 4) is 23.3 Å². The van der Waals surface area contributed by atoms with Gasteiger partial charge in [-0.15, -0.1) is 0 Å². The lowest BCUT2D eigenvalue weighted by molar-refractivity contribution is -0.118. The van der Waals surface area contributed by atoms with Crippen molar-refractivity contribution < 1.29 is 33.3 Å². The minimum absolute atomic E-state index is 0.0320. The molecule has 2 aromatic carbocycles. The maximum atomic E-state index is 12.3. The van der Waals surface area contributed by atoms with Gasteiger partial charge in [0.05, 0.1) is 25.5 Å². The number of rotatable bonds is 10. The number of carbonyl (C=O) groups is 3. The van der Waals surface area contributed by atoms with Crippen LogP contribution in [-0.4, -0.2) is 45.1 Å². The van der Waals surface area contributed by atoms with E-state index < -0.39 is 24.3 Å². The average molecular weight is 488 g/mol. The van der Waals surface area contributed by atoms with Crippen LogP contribution in [0.4, 0.5) is 5.69 Å². The fraction of sp³-hybridized carbons (Fsp3) is 0.217. The maximum Gasteiger partial charge on any atom is 0.338 e. The second kappa shape index (κ2) is 12.1. The molecule has 0 heterocycles. The number of allylic oxidation sites excluding steroid dienone is 1. The van der Waals surface area contributed by atoms with Gasteiger partial charge in [-0.3, -0.25) is 9.59 Å². The Morgan fingerprint density at radius 2 is 1.71 bits per heavy atom. The van der Waals surface area contributed by atoms with E-state index in [0.29, 0.717) is 16.5 Å². The first-order valence-corrected chi connectivity index (χ1v) is 10.1. The first kappa shape index (κ1) is 26.0. The number of esters is 1. The minimum Gasteiger partial charge on any atom is -0.495 e. The Kier molecular flexibility index (Phi) is 9.28. The van der Waals surface area contributed by atoms with Crippen LogP contribution in [-0.2, 0) is 14.3 Å². The third-order valence-corrected chi connectivity index (χ3v) is 4.55. The molecule has 11 heteroatoms. The van der Waals surface area contributed by atoms with Gasteiger partial charge in [0.2, 0.25) is 5.78 Å². The molecular weight excluding hydrogens is 466 g/mol. The molecule has 10 nitrogen and oxygen atoms in total. The van der Waals surface area contributed by atoms with Crippen molar-refractivity contribution in [3.63, 3.8) is 0 Å². The van der Waals surface area contributed by atoms with Gasteiger partial charge >= 0.3 is 5.97 Å². The van der Waals surface area contributed by atoms with Gasteiger partial charge in [0.25, 0.3) is 5.91 Å². The Balaban J connectivity index is 2.02. The van der Waals surface area contributed by atoms with Gasteiger partial charge < -0.3 is 30.0 Å². The summed E-state index contributed by atoms with van der Waals surface area (Å²) in [6.45, 7) is 0.379. The smallest absolute Gasteiger partial charge is 0.338 e. The number of halogens is 1. The zero-order chi connectivity index (χ0) is 25.3.